The minimum Gasteiger partial charge on any atom is -1.00 e. The number of fused-ring (bicyclic) bond motifs is 4. The molecule has 2 aliphatic rings. The van der Waals surface area contributed by atoms with E-state index in [1.165, 1.54) is 82.8 Å². The third-order valence-electron chi connectivity index (χ3n) is 9.63. The third kappa shape index (κ3) is 6.64. The number of hydrogen-bond donors (Lipinski definition) is 0. The van der Waals surface area contributed by atoms with Crippen LogP contribution < -0.4 is 35.3 Å². The predicted octanol–water partition coefficient (Wildman–Crippen LogP) is 4.08. The summed E-state index contributed by atoms with van der Waals surface area (Å²) in [7, 11) is 0. The maximum Gasteiger partial charge on any atom is 3.00 e. The van der Waals surface area contributed by atoms with Crippen LogP contribution in [0, 0.1) is 6.92 Å². The zero-order chi connectivity index (χ0) is 31.7. The SMILES string of the molecule is CC1=Cc2cc(C)ccc2C1c1c(C(C)(C)C)c(=C(c2ccccc2)c2ccccc2)cc2c1=[C-]c1cc(C(C)(C)C)ccc1-2.[Cl-].[Cl-].[Zr+3]. The van der Waals surface area contributed by atoms with E-state index in [0.717, 1.165) is 0 Å². The first-order chi connectivity index (χ1) is 21.4. The molecule has 0 aromatic heterocycles. The molecule has 3 heteroatoms. The van der Waals surface area contributed by atoms with Crippen molar-refractivity contribution in [1.29, 1.82) is 0 Å². The fourth-order valence-electron chi connectivity index (χ4n) is 7.55. The maximum absolute atomic E-state index is 4.02. The van der Waals surface area contributed by atoms with Crippen LogP contribution in [0.15, 0.2) is 109 Å². The Morgan fingerprint density at radius 1 is 0.646 bits per heavy atom. The van der Waals surface area contributed by atoms with Crippen molar-refractivity contribution in [2.24, 2.45) is 0 Å². The number of aryl methyl sites for hydroxylation is 1. The molecule has 0 aliphatic heterocycles. The number of rotatable bonds is 3. The van der Waals surface area contributed by atoms with Gasteiger partial charge in [0.15, 0.2) is 0 Å². The Labute approximate surface area is 319 Å². The van der Waals surface area contributed by atoms with Crippen LogP contribution in [0.4, 0.5) is 0 Å². The first-order valence-electron chi connectivity index (χ1n) is 16.3. The molecule has 0 saturated carbocycles. The van der Waals surface area contributed by atoms with Crippen LogP contribution in [0.1, 0.15) is 104 Å². The fraction of sp³-hybridized carbons (Fsp3) is 0.244. The van der Waals surface area contributed by atoms with E-state index >= 15 is 0 Å². The molecule has 0 fully saturated rings. The molecule has 5 aromatic rings. The maximum atomic E-state index is 4.02. The molecule has 0 nitrogen and oxygen atoms in total. The standard InChI is InChI=1S/C45H43.2ClH.Zr/c1-28-19-21-36-32(23-28)24-29(2)40(36)42-38-26-33-25-34(44(3,4)5)20-22-35(33)37(38)27-39(43(42)45(6,7)8)41(30-15-11-9-12-16-30)31-17-13-10-14-18-31;;;/h9-25,27,40H,1-8H3;2*1H;/q-1;;;+3/p-2. The van der Waals surface area contributed by atoms with Crippen molar-refractivity contribution in [2.45, 2.75) is 72.1 Å². The van der Waals surface area contributed by atoms with Crippen molar-refractivity contribution in [3.63, 3.8) is 0 Å². The largest absolute Gasteiger partial charge is 3.00 e. The Bertz CT molecular complexity index is 2090. The number of allylic oxidation sites excluding steroid dienone is 1. The number of hydrogen-bond acceptors (Lipinski definition) is 0. The molecule has 2 aliphatic carbocycles. The van der Waals surface area contributed by atoms with Crippen molar-refractivity contribution >= 4 is 17.7 Å². The molecular weight excluding hydrogens is 703 g/mol. The third-order valence-corrected chi connectivity index (χ3v) is 9.63. The summed E-state index contributed by atoms with van der Waals surface area (Å²) in [6.07, 6.45) is 6.43. The monoisotopic (exact) mass is 743 g/mol. The van der Waals surface area contributed by atoms with E-state index in [1.807, 2.05) is 0 Å². The van der Waals surface area contributed by atoms with Crippen LogP contribution in [-0.4, -0.2) is 0 Å². The molecule has 0 amide bonds. The molecule has 0 N–H and O–H groups in total. The van der Waals surface area contributed by atoms with Crippen LogP contribution in [-0.2, 0) is 37.0 Å². The summed E-state index contributed by atoms with van der Waals surface area (Å²) in [5, 5.41) is 2.58. The molecule has 0 bridgehead atoms. The van der Waals surface area contributed by atoms with Crippen molar-refractivity contribution in [3.8, 4) is 11.1 Å². The zero-order valence-electron chi connectivity index (χ0n) is 29.2. The van der Waals surface area contributed by atoms with Crippen molar-refractivity contribution in [1.82, 2.24) is 0 Å². The van der Waals surface area contributed by atoms with Crippen LogP contribution in [0.3, 0.4) is 0 Å². The molecule has 1 radical (unpaired) electrons. The molecule has 0 saturated heterocycles. The van der Waals surface area contributed by atoms with Gasteiger partial charge in [0.05, 0.1) is 0 Å². The van der Waals surface area contributed by atoms with Crippen LogP contribution in [0.2, 0.25) is 0 Å². The summed E-state index contributed by atoms with van der Waals surface area (Å²) in [6, 6.07) is 38.5. The second kappa shape index (κ2) is 14.1. The zero-order valence-corrected chi connectivity index (χ0v) is 33.2. The molecule has 5 aromatic carbocycles. The first-order valence-corrected chi connectivity index (χ1v) is 16.3. The topological polar surface area (TPSA) is 0 Å². The summed E-state index contributed by atoms with van der Waals surface area (Å²) in [5.41, 5.74) is 17.1. The van der Waals surface area contributed by atoms with Gasteiger partial charge in [0.2, 0.25) is 0 Å². The summed E-state index contributed by atoms with van der Waals surface area (Å²) in [6.45, 7) is 18.6. The minimum absolute atomic E-state index is 0. The smallest absolute Gasteiger partial charge is 1.00 e. The van der Waals surface area contributed by atoms with Gasteiger partial charge in [0, 0.05) is 5.92 Å². The van der Waals surface area contributed by atoms with E-state index in [9.17, 15) is 0 Å². The fourth-order valence-corrected chi connectivity index (χ4v) is 7.55. The molecule has 0 spiro atoms. The Morgan fingerprint density at radius 2 is 1.25 bits per heavy atom. The van der Waals surface area contributed by atoms with E-state index < -0.39 is 0 Å². The van der Waals surface area contributed by atoms with Crippen molar-refractivity contribution < 1.29 is 51.0 Å². The Morgan fingerprint density at radius 3 is 1.81 bits per heavy atom. The van der Waals surface area contributed by atoms with Gasteiger partial charge in [-0.2, -0.15) is 0 Å². The van der Waals surface area contributed by atoms with Gasteiger partial charge in [-0.25, -0.2) is 0 Å². The van der Waals surface area contributed by atoms with Gasteiger partial charge in [0.1, 0.15) is 0 Å². The predicted molar refractivity (Wildman–Crippen MR) is 192 cm³/mol. The number of halogens is 2. The summed E-state index contributed by atoms with van der Waals surface area (Å²) >= 11 is 0. The average molecular weight is 746 g/mol. The average Bonchev–Trinajstić information content (AvgIpc) is 3.52. The van der Waals surface area contributed by atoms with E-state index in [1.54, 1.807) is 0 Å². The second-order valence-corrected chi connectivity index (χ2v) is 15.1. The molecule has 241 valence electrons. The van der Waals surface area contributed by atoms with E-state index in [4.69, 9.17) is 0 Å². The van der Waals surface area contributed by atoms with Gasteiger partial charge in [0.25, 0.3) is 0 Å². The van der Waals surface area contributed by atoms with Gasteiger partial charge in [-0.15, -0.1) is 34.1 Å². The molecular formula is C45H43Cl2Zr. The molecule has 48 heavy (non-hydrogen) atoms. The number of benzene rings is 5. The second-order valence-electron chi connectivity index (χ2n) is 15.1. The van der Waals surface area contributed by atoms with Crippen molar-refractivity contribution in [3.05, 3.63) is 169 Å². The minimum atomic E-state index is -0.130. The van der Waals surface area contributed by atoms with Crippen molar-refractivity contribution in [2.75, 3.05) is 0 Å². The van der Waals surface area contributed by atoms with E-state index in [0.29, 0.717) is 0 Å². The van der Waals surface area contributed by atoms with Crippen LogP contribution >= 0.6 is 0 Å². The summed E-state index contributed by atoms with van der Waals surface area (Å²) < 4.78 is 0. The molecule has 1 atom stereocenters. The van der Waals surface area contributed by atoms with Crippen LogP contribution in [0.5, 0.6) is 0 Å². The Balaban J connectivity index is 0.00000173. The Hall–Kier alpha value is -2.96. The van der Waals surface area contributed by atoms with Crippen LogP contribution in [0.25, 0.3) is 28.9 Å². The quantitative estimate of drug-likeness (QED) is 0.240. The summed E-state index contributed by atoms with van der Waals surface area (Å²) in [4.78, 5) is 0. The molecule has 7 rings (SSSR count). The van der Waals surface area contributed by atoms with Gasteiger partial charge < -0.3 is 24.8 Å². The van der Waals surface area contributed by atoms with Gasteiger partial charge >= 0.3 is 26.2 Å². The normalized spacial score (nSPS) is 14.2. The van der Waals surface area contributed by atoms with Gasteiger partial charge in [-0.05, 0) is 57.7 Å². The Kier molecular flexibility index (Phi) is 11.1. The molecule has 0 heterocycles. The first kappa shape index (κ1) is 37.9. The summed E-state index contributed by atoms with van der Waals surface area (Å²) in [5.74, 6) is 0.167. The van der Waals surface area contributed by atoms with Gasteiger partial charge in [-0.3, -0.25) is 0 Å². The molecule has 1 unspecified atom stereocenters. The van der Waals surface area contributed by atoms with Gasteiger partial charge in [-0.1, -0.05) is 173 Å². The van der Waals surface area contributed by atoms with E-state index in [2.05, 4.69) is 171 Å². The van der Waals surface area contributed by atoms with E-state index in [-0.39, 0.29) is 67.8 Å².